The SMILES string of the molecule is CCC(C=O)C(N)=O. The van der Waals surface area contributed by atoms with E-state index in [0.29, 0.717) is 12.7 Å². The van der Waals surface area contributed by atoms with Crippen LogP contribution in [0.15, 0.2) is 0 Å². The number of primary amides is 1. The molecule has 0 saturated carbocycles. The molecule has 2 N–H and O–H groups in total. The standard InChI is InChI=1S/C5H9NO2/c1-2-4(3-7)5(6)8/h3-4H,2H2,1H3,(H2,6,8). The molecule has 3 heteroatoms. The van der Waals surface area contributed by atoms with E-state index >= 15 is 0 Å². The summed E-state index contributed by atoms with van der Waals surface area (Å²) in [6, 6.07) is 0. The molecule has 1 atom stereocenters. The number of aldehydes is 1. The quantitative estimate of drug-likeness (QED) is 0.405. The van der Waals surface area contributed by atoms with E-state index in [1.54, 1.807) is 6.92 Å². The highest BCUT2D eigenvalue weighted by Gasteiger charge is 2.09. The van der Waals surface area contributed by atoms with E-state index < -0.39 is 11.8 Å². The van der Waals surface area contributed by atoms with Gasteiger partial charge < -0.3 is 10.5 Å². The van der Waals surface area contributed by atoms with Crippen molar-refractivity contribution in [3.63, 3.8) is 0 Å². The van der Waals surface area contributed by atoms with Crippen LogP contribution in [-0.2, 0) is 9.59 Å². The molecule has 0 aliphatic carbocycles. The fourth-order valence-electron chi connectivity index (χ4n) is 0.364. The van der Waals surface area contributed by atoms with Crippen molar-refractivity contribution in [1.82, 2.24) is 0 Å². The molecule has 0 aliphatic heterocycles. The summed E-state index contributed by atoms with van der Waals surface area (Å²) in [4.78, 5) is 20.0. The average Bonchev–Trinajstić information content (AvgIpc) is 1.69. The Hall–Kier alpha value is -0.860. The van der Waals surface area contributed by atoms with E-state index in [4.69, 9.17) is 5.73 Å². The van der Waals surface area contributed by atoms with Crippen molar-refractivity contribution in [1.29, 1.82) is 0 Å². The first-order valence-corrected chi connectivity index (χ1v) is 2.47. The van der Waals surface area contributed by atoms with Crippen molar-refractivity contribution in [3.8, 4) is 0 Å². The summed E-state index contributed by atoms with van der Waals surface area (Å²) in [5.74, 6) is -1.13. The Morgan fingerprint density at radius 1 is 1.88 bits per heavy atom. The van der Waals surface area contributed by atoms with Gasteiger partial charge in [0.2, 0.25) is 5.91 Å². The van der Waals surface area contributed by atoms with Crippen LogP contribution in [0, 0.1) is 5.92 Å². The molecule has 0 heterocycles. The van der Waals surface area contributed by atoms with Crippen molar-refractivity contribution in [2.45, 2.75) is 13.3 Å². The lowest BCUT2D eigenvalue weighted by Crippen LogP contribution is -2.23. The van der Waals surface area contributed by atoms with Crippen molar-refractivity contribution >= 4 is 12.2 Å². The van der Waals surface area contributed by atoms with E-state index in [2.05, 4.69) is 0 Å². The van der Waals surface area contributed by atoms with Crippen LogP contribution in [0.3, 0.4) is 0 Å². The van der Waals surface area contributed by atoms with Gasteiger partial charge in [0.15, 0.2) is 0 Å². The summed E-state index contributed by atoms with van der Waals surface area (Å²) < 4.78 is 0. The first kappa shape index (κ1) is 7.14. The van der Waals surface area contributed by atoms with Gasteiger partial charge in [-0.05, 0) is 6.42 Å². The van der Waals surface area contributed by atoms with E-state index in [9.17, 15) is 9.59 Å². The number of carbonyl (C=O) groups is 2. The minimum atomic E-state index is -0.588. The number of carbonyl (C=O) groups excluding carboxylic acids is 2. The molecule has 0 spiro atoms. The van der Waals surface area contributed by atoms with Crippen LogP contribution in [0.5, 0.6) is 0 Å². The van der Waals surface area contributed by atoms with Gasteiger partial charge >= 0.3 is 0 Å². The second kappa shape index (κ2) is 3.18. The second-order valence-electron chi connectivity index (χ2n) is 1.55. The molecule has 0 aliphatic rings. The molecule has 0 saturated heterocycles. The highest BCUT2D eigenvalue weighted by molar-refractivity contribution is 5.90. The first-order valence-electron chi connectivity index (χ1n) is 2.47. The fraction of sp³-hybridized carbons (Fsp3) is 0.600. The highest BCUT2D eigenvalue weighted by atomic mass is 16.2. The highest BCUT2D eigenvalue weighted by Crippen LogP contribution is 1.94. The van der Waals surface area contributed by atoms with Crippen LogP contribution in [-0.4, -0.2) is 12.2 Å². The Morgan fingerprint density at radius 2 is 2.38 bits per heavy atom. The monoisotopic (exact) mass is 115 g/mol. The molecule has 0 bridgehead atoms. The molecule has 8 heavy (non-hydrogen) atoms. The van der Waals surface area contributed by atoms with Gasteiger partial charge in [-0.15, -0.1) is 0 Å². The predicted molar refractivity (Wildman–Crippen MR) is 29.0 cm³/mol. The Bertz CT molecular complexity index is 101. The fourth-order valence-corrected chi connectivity index (χ4v) is 0.364. The third-order valence-electron chi connectivity index (χ3n) is 0.970. The normalized spacial score (nSPS) is 12.6. The minimum Gasteiger partial charge on any atom is -0.369 e. The number of hydrogen-bond donors (Lipinski definition) is 1. The molecule has 0 rings (SSSR count). The van der Waals surface area contributed by atoms with Gasteiger partial charge in [-0.3, -0.25) is 4.79 Å². The number of hydrogen-bond acceptors (Lipinski definition) is 2. The van der Waals surface area contributed by atoms with Gasteiger partial charge in [-0.25, -0.2) is 0 Å². The van der Waals surface area contributed by atoms with Crippen molar-refractivity contribution in [3.05, 3.63) is 0 Å². The molecule has 0 aromatic rings. The number of nitrogens with two attached hydrogens (primary N) is 1. The molecule has 1 amide bonds. The molecular weight excluding hydrogens is 106 g/mol. The lowest BCUT2D eigenvalue weighted by atomic mass is 10.1. The third kappa shape index (κ3) is 1.73. The zero-order chi connectivity index (χ0) is 6.57. The maximum atomic E-state index is 10.2. The molecular formula is C5H9NO2. The van der Waals surface area contributed by atoms with Crippen molar-refractivity contribution in [2.24, 2.45) is 11.7 Å². The van der Waals surface area contributed by atoms with Crippen molar-refractivity contribution < 1.29 is 9.59 Å². The predicted octanol–water partition coefficient (Wildman–Crippen LogP) is -0.303. The minimum absolute atomic E-state index is 0.499. The third-order valence-corrected chi connectivity index (χ3v) is 0.970. The smallest absolute Gasteiger partial charge is 0.227 e. The van der Waals surface area contributed by atoms with Crippen molar-refractivity contribution in [2.75, 3.05) is 0 Å². The first-order chi connectivity index (χ1) is 3.72. The summed E-state index contributed by atoms with van der Waals surface area (Å²) in [5.41, 5.74) is 4.79. The number of rotatable bonds is 3. The van der Waals surface area contributed by atoms with Gasteiger partial charge in [-0.1, -0.05) is 6.92 Å². The summed E-state index contributed by atoms with van der Waals surface area (Å²) >= 11 is 0. The topological polar surface area (TPSA) is 60.2 Å². The van der Waals surface area contributed by atoms with Crippen LogP contribution < -0.4 is 5.73 Å². The Kier molecular flexibility index (Phi) is 2.84. The van der Waals surface area contributed by atoms with Crippen LogP contribution >= 0.6 is 0 Å². The van der Waals surface area contributed by atoms with Crippen LogP contribution in [0.1, 0.15) is 13.3 Å². The Labute approximate surface area is 47.9 Å². The van der Waals surface area contributed by atoms with E-state index in [1.807, 2.05) is 0 Å². The number of amides is 1. The lowest BCUT2D eigenvalue weighted by Gasteiger charge is -1.96. The molecule has 0 fully saturated rings. The van der Waals surface area contributed by atoms with Gasteiger partial charge in [0, 0.05) is 0 Å². The lowest BCUT2D eigenvalue weighted by molar-refractivity contribution is -0.126. The van der Waals surface area contributed by atoms with Gasteiger partial charge in [-0.2, -0.15) is 0 Å². The van der Waals surface area contributed by atoms with E-state index in [-0.39, 0.29) is 0 Å². The Balaban J connectivity index is 3.69. The zero-order valence-corrected chi connectivity index (χ0v) is 4.76. The van der Waals surface area contributed by atoms with Gasteiger partial charge in [0.25, 0.3) is 0 Å². The molecule has 3 nitrogen and oxygen atoms in total. The van der Waals surface area contributed by atoms with Crippen LogP contribution in [0.4, 0.5) is 0 Å². The van der Waals surface area contributed by atoms with Crippen LogP contribution in [0.2, 0.25) is 0 Å². The maximum absolute atomic E-state index is 10.2. The Morgan fingerprint density at radius 3 is 2.38 bits per heavy atom. The summed E-state index contributed by atoms with van der Waals surface area (Å²) in [6.45, 7) is 1.74. The molecule has 1 unspecified atom stereocenters. The zero-order valence-electron chi connectivity index (χ0n) is 4.76. The largest absolute Gasteiger partial charge is 0.369 e. The second-order valence-corrected chi connectivity index (χ2v) is 1.55. The molecule has 46 valence electrons. The van der Waals surface area contributed by atoms with Gasteiger partial charge in [0.05, 0.1) is 5.92 Å². The van der Waals surface area contributed by atoms with E-state index in [0.717, 1.165) is 0 Å². The summed E-state index contributed by atoms with van der Waals surface area (Å²) in [5, 5.41) is 0. The molecule has 0 radical (unpaired) electrons. The average molecular weight is 115 g/mol. The molecule has 0 aromatic heterocycles. The van der Waals surface area contributed by atoms with Gasteiger partial charge in [0.1, 0.15) is 6.29 Å². The summed E-state index contributed by atoms with van der Waals surface area (Å²) in [7, 11) is 0. The maximum Gasteiger partial charge on any atom is 0.227 e. The molecule has 0 aromatic carbocycles. The van der Waals surface area contributed by atoms with Crippen LogP contribution in [0.25, 0.3) is 0 Å². The summed E-state index contributed by atoms with van der Waals surface area (Å²) in [6.07, 6.45) is 1.07. The van der Waals surface area contributed by atoms with E-state index in [1.165, 1.54) is 0 Å².